The average Bonchev–Trinajstić information content (AvgIpc) is 3.21. The van der Waals surface area contributed by atoms with Crippen molar-refractivity contribution in [1.29, 1.82) is 0 Å². The smallest absolute Gasteiger partial charge is 0.309 e. The van der Waals surface area contributed by atoms with Gasteiger partial charge in [0.15, 0.2) is 0 Å². The summed E-state index contributed by atoms with van der Waals surface area (Å²) in [6, 6.07) is 8.15. The number of ether oxygens (including phenoxy) is 1. The van der Waals surface area contributed by atoms with Crippen LogP contribution in [0.2, 0.25) is 10.0 Å². The van der Waals surface area contributed by atoms with Gasteiger partial charge < -0.3 is 14.2 Å². The number of aromatic nitrogens is 1. The molecule has 1 aromatic heterocycles. The highest BCUT2D eigenvalue weighted by Crippen LogP contribution is 2.37. The Kier molecular flexibility index (Phi) is 8.43. The lowest BCUT2D eigenvalue weighted by atomic mass is 9.86. The van der Waals surface area contributed by atoms with E-state index in [1.807, 2.05) is 17.6 Å². The lowest BCUT2D eigenvalue weighted by Gasteiger charge is -2.36. The van der Waals surface area contributed by atoms with Crippen molar-refractivity contribution in [3.05, 3.63) is 81.0 Å². The van der Waals surface area contributed by atoms with E-state index in [0.29, 0.717) is 65.8 Å². The molecule has 1 amide bonds. The van der Waals surface area contributed by atoms with Crippen molar-refractivity contribution < 1.29 is 23.1 Å². The third-order valence-electron chi connectivity index (χ3n) is 7.67. The first-order valence-electron chi connectivity index (χ1n) is 12.9. The first-order valence-corrected chi connectivity index (χ1v) is 13.7. The second-order valence-electron chi connectivity index (χ2n) is 10.2. The van der Waals surface area contributed by atoms with Crippen LogP contribution in [-0.4, -0.2) is 41.0 Å². The zero-order valence-electron chi connectivity index (χ0n) is 22.5. The number of amides is 1. The number of esters is 1. The fourth-order valence-electron chi connectivity index (χ4n) is 5.35. The van der Waals surface area contributed by atoms with Crippen LogP contribution in [0.25, 0.3) is 10.9 Å². The van der Waals surface area contributed by atoms with Crippen molar-refractivity contribution in [3.8, 4) is 0 Å². The lowest BCUT2D eigenvalue weighted by Crippen LogP contribution is -2.45. The Bertz CT molecular complexity index is 1450. The Balaban J connectivity index is 1.63. The molecule has 0 aliphatic carbocycles. The number of alkyl halides is 2. The van der Waals surface area contributed by atoms with Crippen molar-refractivity contribution in [2.45, 2.75) is 39.5 Å². The van der Waals surface area contributed by atoms with Gasteiger partial charge in [-0.1, -0.05) is 36.7 Å². The molecule has 1 aliphatic rings. The van der Waals surface area contributed by atoms with Gasteiger partial charge in [-0.3, -0.25) is 9.59 Å². The van der Waals surface area contributed by atoms with Crippen LogP contribution in [0.4, 0.5) is 8.78 Å². The van der Waals surface area contributed by atoms with Crippen molar-refractivity contribution in [2.75, 3.05) is 19.7 Å². The summed E-state index contributed by atoms with van der Waals surface area (Å²) in [5.41, 5.74) is 2.97. The Morgan fingerprint density at radius 3 is 2.59 bits per heavy atom. The molecule has 1 fully saturated rings. The van der Waals surface area contributed by atoms with E-state index in [4.69, 9.17) is 27.9 Å². The van der Waals surface area contributed by atoms with Crippen LogP contribution in [0, 0.1) is 18.8 Å². The van der Waals surface area contributed by atoms with E-state index >= 15 is 0 Å². The summed E-state index contributed by atoms with van der Waals surface area (Å²) in [6.45, 7) is 9.93. The molecule has 0 unspecified atom stereocenters. The minimum absolute atomic E-state index is 0.0512. The molecule has 0 saturated carbocycles. The van der Waals surface area contributed by atoms with Crippen LogP contribution in [0.3, 0.4) is 0 Å². The van der Waals surface area contributed by atoms with Gasteiger partial charge >= 0.3 is 5.97 Å². The second kappa shape index (κ2) is 11.3. The number of hydrogen-bond acceptors (Lipinski definition) is 3. The molecule has 5 nitrogen and oxygen atoms in total. The summed E-state index contributed by atoms with van der Waals surface area (Å²) < 4.78 is 35.7. The minimum Gasteiger partial charge on any atom is -0.466 e. The predicted molar refractivity (Wildman–Crippen MR) is 151 cm³/mol. The summed E-state index contributed by atoms with van der Waals surface area (Å²) >= 11 is 13.4. The minimum atomic E-state index is -3.15. The highest BCUT2D eigenvalue weighted by molar-refractivity contribution is 6.38. The number of nitrogens with zero attached hydrogens (tertiary/aromatic N) is 2. The summed E-state index contributed by atoms with van der Waals surface area (Å²) in [5, 5.41) is 1.51. The summed E-state index contributed by atoms with van der Waals surface area (Å²) in [6.07, 6.45) is 1.46. The van der Waals surface area contributed by atoms with Gasteiger partial charge in [0.05, 0.1) is 23.1 Å². The quantitative estimate of drug-likeness (QED) is 0.218. The summed E-state index contributed by atoms with van der Waals surface area (Å²) in [7, 11) is 1.80. The van der Waals surface area contributed by atoms with Crippen LogP contribution in [0.15, 0.2) is 43.0 Å². The van der Waals surface area contributed by atoms with Crippen LogP contribution in [-0.2, 0) is 28.9 Å². The van der Waals surface area contributed by atoms with Gasteiger partial charge in [0.2, 0.25) is 0 Å². The predicted octanol–water partition coefficient (Wildman–Crippen LogP) is 7.32. The summed E-state index contributed by atoms with van der Waals surface area (Å²) in [5.74, 6) is -3.89. The summed E-state index contributed by atoms with van der Waals surface area (Å²) in [4.78, 5) is 27.5. The molecule has 39 heavy (non-hydrogen) atoms. The molecular formula is C30H32Cl2F2N2O3. The van der Waals surface area contributed by atoms with Gasteiger partial charge in [-0.05, 0) is 73.7 Å². The van der Waals surface area contributed by atoms with E-state index in [0.717, 1.165) is 11.1 Å². The number of halogens is 4. The Morgan fingerprint density at radius 2 is 1.95 bits per heavy atom. The maximum Gasteiger partial charge on any atom is 0.309 e. The molecule has 208 valence electrons. The van der Waals surface area contributed by atoms with E-state index < -0.39 is 5.92 Å². The number of benzene rings is 2. The number of hydrogen-bond donors (Lipinski definition) is 0. The molecular weight excluding hydrogens is 545 g/mol. The largest absolute Gasteiger partial charge is 0.466 e. The van der Waals surface area contributed by atoms with Gasteiger partial charge in [0.25, 0.3) is 11.8 Å². The van der Waals surface area contributed by atoms with Gasteiger partial charge in [-0.15, -0.1) is 0 Å². The van der Waals surface area contributed by atoms with Gasteiger partial charge in [0, 0.05) is 53.7 Å². The molecule has 2 aromatic carbocycles. The number of allylic oxidation sites excluding steroid dienone is 1. The molecule has 0 spiro atoms. The van der Waals surface area contributed by atoms with Crippen molar-refractivity contribution in [3.63, 3.8) is 0 Å². The SMILES string of the molecule is C=CC(F)(F)c1cc(C)c2cc(Cc3c(Cl)ccc(C(=O)N4CC[C@H](C(=O)OCC)[C@@H](C)C4)c3Cl)n(C)c2c1. The van der Waals surface area contributed by atoms with Crippen LogP contribution < -0.4 is 0 Å². The molecule has 1 aliphatic heterocycles. The Morgan fingerprint density at radius 1 is 1.23 bits per heavy atom. The molecule has 0 N–H and O–H groups in total. The van der Waals surface area contributed by atoms with Gasteiger partial charge in [-0.2, -0.15) is 8.78 Å². The molecule has 4 rings (SSSR count). The number of carbonyl (C=O) groups is 2. The van der Waals surface area contributed by atoms with E-state index in [9.17, 15) is 18.4 Å². The zero-order valence-corrected chi connectivity index (χ0v) is 24.0. The average molecular weight is 577 g/mol. The Hall–Kier alpha value is -2.90. The maximum atomic E-state index is 14.4. The number of fused-ring (bicyclic) bond motifs is 1. The fourth-order valence-corrected chi connectivity index (χ4v) is 5.93. The van der Waals surface area contributed by atoms with E-state index in [-0.39, 0.29) is 34.3 Å². The van der Waals surface area contributed by atoms with E-state index in [2.05, 4.69) is 6.58 Å². The van der Waals surface area contributed by atoms with Crippen LogP contribution in [0.5, 0.6) is 0 Å². The lowest BCUT2D eigenvalue weighted by molar-refractivity contribution is -0.151. The molecule has 2 atom stereocenters. The third kappa shape index (κ3) is 5.57. The second-order valence-corrected chi connectivity index (χ2v) is 11.0. The number of aryl methyl sites for hydroxylation is 2. The molecule has 9 heteroatoms. The number of likely N-dealkylation sites (tertiary alicyclic amines) is 1. The van der Waals surface area contributed by atoms with Gasteiger partial charge in [0.1, 0.15) is 0 Å². The van der Waals surface area contributed by atoms with E-state index in [1.165, 1.54) is 12.1 Å². The van der Waals surface area contributed by atoms with Gasteiger partial charge in [-0.25, -0.2) is 0 Å². The third-order valence-corrected chi connectivity index (χ3v) is 8.45. The molecule has 0 bridgehead atoms. The number of rotatable bonds is 7. The molecule has 0 radical (unpaired) electrons. The maximum absolute atomic E-state index is 14.4. The first kappa shape index (κ1) is 29.1. The molecule has 3 aromatic rings. The zero-order chi connectivity index (χ0) is 28.6. The monoisotopic (exact) mass is 576 g/mol. The highest BCUT2D eigenvalue weighted by Gasteiger charge is 2.35. The van der Waals surface area contributed by atoms with Crippen molar-refractivity contribution >= 4 is 46.0 Å². The molecule has 2 heterocycles. The molecule has 1 saturated heterocycles. The fraction of sp³-hybridized carbons (Fsp3) is 0.400. The number of piperidine rings is 1. The standard InChI is InChI=1S/C30H32Cl2F2N2O3/c1-6-30(33,34)19-12-17(3)23-14-20(35(5)26(23)13-19)15-24-25(31)9-8-22(27(24)32)28(37)36-11-10-21(18(4)16-36)29(38)39-7-2/h6,8-9,12-14,18,21H,1,7,10-11,15-16H2,2-5H3/t18-,21-/m0/s1. The highest BCUT2D eigenvalue weighted by atomic mass is 35.5. The number of carbonyl (C=O) groups excluding carboxylic acids is 2. The van der Waals surface area contributed by atoms with Crippen molar-refractivity contribution in [2.24, 2.45) is 18.9 Å². The van der Waals surface area contributed by atoms with E-state index in [1.54, 1.807) is 37.9 Å². The van der Waals surface area contributed by atoms with Crippen molar-refractivity contribution in [1.82, 2.24) is 9.47 Å². The van der Waals surface area contributed by atoms with Crippen LogP contribution >= 0.6 is 23.2 Å². The van der Waals surface area contributed by atoms with Crippen LogP contribution in [0.1, 0.15) is 53.0 Å². The topological polar surface area (TPSA) is 51.5 Å². The first-order chi connectivity index (χ1) is 18.4. The Labute approximate surface area is 237 Å². The normalized spacial score (nSPS) is 17.9.